The quantitative estimate of drug-likeness (QED) is 0.642. The zero-order chi connectivity index (χ0) is 14.0. The molecule has 1 aliphatic heterocycles. The molecule has 2 N–H and O–H groups in total. The third-order valence-corrected chi connectivity index (χ3v) is 3.92. The van der Waals surface area contributed by atoms with Gasteiger partial charge in [0, 0.05) is 26.1 Å². The first-order chi connectivity index (χ1) is 8.99. The van der Waals surface area contributed by atoms with E-state index in [1.54, 1.807) is 11.5 Å². The van der Waals surface area contributed by atoms with Crippen molar-refractivity contribution < 1.29 is 4.92 Å². The fraction of sp³-hybridized carbons (Fsp3) is 0.750. The number of nitrogens with zero attached hydrogens (tertiary/aromatic N) is 4. The van der Waals surface area contributed by atoms with Crippen molar-refractivity contribution in [3.05, 3.63) is 22.1 Å². The van der Waals surface area contributed by atoms with Gasteiger partial charge in [-0.15, -0.1) is 0 Å². The molecule has 0 aromatic carbocycles. The SMILES string of the molecule is Cc1ncc([N+](=O)[O-])n1CCN1CCC(N)C(C)C1. The molecule has 2 atom stereocenters. The van der Waals surface area contributed by atoms with Crippen LogP contribution in [0.2, 0.25) is 0 Å². The predicted octanol–water partition coefficient (Wildman–Crippen LogP) is 0.769. The number of aryl methyl sites for hydroxylation is 1. The average molecular weight is 267 g/mol. The van der Waals surface area contributed by atoms with Crippen LogP contribution in [0.5, 0.6) is 0 Å². The summed E-state index contributed by atoms with van der Waals surface area (Å²) in [6, 6.07) is 0.278. The van der Waals surface area contributed by atoms with Crippen LogP contribution in [0.25, 0.3) is 0 Å². The van der Waals surface area contributed by atoms with Crippen molar-refractivity contribution in [2.75, 3.05) is 19.6 Å². The number of nitro groups is 1. The maximum absolute atomic E-state index is 10.9. The Balaban J connectivity index is 1.96. The van der Waals surface area contributed by atoms with Gasteiger partial charge in [0.1, 0.15) is 12.7 Å². The van der Waals surface area contributed by atoms with Gasteiger partial charge < -0.3 is 15.8 Å². The molecule has 0 saturated carbocycles. The summed E-state index contributed by atoms with van der Waals surface area (Å²) in [5.41, 5.74) is 5.99. The van der Waals surface area contributed by atoms with E-state index in [1.807, 2.05) is 0 Å². The Morgan fingerprint density at radius 1 is 1.58 bits per heavy atom. The van der Waals surface area contributed by atoms with Crippen molar-refractivity contribution in [1.29, 1.82) is 0 Å². The van der Waals surface area contributed by atoms with Crippen LogP contribution >= 0.6 is 0 Å². The fourth-order valence-corrected chi connectivity index (χ4v) is 2.57. The summed E-state index contributed by atoms with van der Waals surface area (Å²) in [5.74, 6) is 1.24. The van der Waals surface area contributed by atoms with E-state index in [1.165, 1.54) is 6.20 Å². The molecule has 1 aromatic rings. The summed E-state index contributed by atoms with van der Waals surface area (Å²) in [4.78, 5) is 16.8. The Morgan fingerprint density at radius 2 is 2.32 bits per heavy atom. The number of likely N-dealkylation sites (tertiary alicyclic amines) is 1. The van der Waals surface area contributed by atoms with Crippen molar-refractivity contribution in [3.63, 3.8) is 0 Å². The van der Waals surface area contributed by atoms with E-state index in [2.05, 4.69) is 16.8 Å². The van der Waals surface area contributed by atoms with Gasteiger partial charge in [-0.25, -0.2) is 9.55 Å². The number of nitrogens with two attached hydrogens (primary N) is 1. The van der Waals surface area contributed by atoms with Gasteiger partial charge in [-0.3, -0.25) is 4.90 Å². The first-order valence-corrected chi connectivity index (χ1v) is 6.63. The molecule has 2 heterocycles. The molecule has 2 unspecified atom stereocenters. The zero-order valence-electron chi connectivity index (χ0n) is 11.5. The Bertz CT molecular complexity index is 459. The largest absolute Gasteiger partial charge is 0.358 e. The molecule has 7 heteroatoms. The van der Waals surface area contributed by atoms with Gasteiger partial charge in [-0.05, 0) is 23.8 Å². The van der Waals surface area contributed by atoms with Gasteiger partial charge in [-0.1, -0.05) is 6.92 Å². The number of hydrogen-bond donors (Lipinski definition) is 1. The lowest BCUT2D eigenvalue weighted by atomic mass is 9.95. The van der Waals surface area contributed by atoms with E-state index in [0.29, 0.717) is 18.3 Å². The molecule has 1 aromatic heterocycles. The summed E-state index contributed by atoms with van der Waals surface area (Å²) >= 11 is 0. The Morgan fingerprint density at radius 3 is 2.95 bits per heavy atom. The molecule has 19 heavy (non-hydrogen) atoms. The lowest BCUT2D eigenvalue weighted by molar-refractivity contribution is -0.392. The second-order valence-corrected chi connectivity index (χ2v) is 5.30. The third-order valence-electron chi connectivity index (χ3n) is 3.92. The standard InChI is InChI=1S/C12H21N5O2/c1-9-8-15(4-3-11(9)13)5-6-16-10(2)14-7-12(16)17(18)19/h7,9,11H,3-6,8,13H2,1-2H3. The molecule has 7 nitrogen and oxygen atoms in total. The van der Waals surface area contributed by atoms with Gasteiger partial charge in [0.2, 0.25) is 0 Å². The smallest absolute Gasteiger partial charge is 0.342 e. The second-order valence-electron chi connectivity index (χ2n) is 5.30. The van der Waals surface area contributed by atoms with Crippen molar-refractivity contribution in [1.82, 2.24) is 14.5 Å². The van der Waals surface area contributed by atoms with E-state index in [4.69, 9.17) is 5.73 Å². The minimum Gasteiger partial charge on any atom is -0.358 e. The molecule has 1 fully saturated rings. The van der Waals surface area contributed by atoms with Gasteiger partial charge in [0.05, 0.1) is 0 Å². The van der Waals surface area contributed by atoms with Crippen LogP contribution in [0.3, 0.4) is 0 Å². The number of piperidine rings is 1. The summed E-state index contributed by atoms with van der Waals surface area (Å²) in [7, 11) is 0. The molecule has 106 valence electrons. The molecular formula is C12H21N5O2. The van der Waals surface area contributed by atoms with Gasteiger partial charge in [0.25, 0.3) is 0 Å². The third kappa shape index (κ3) is 3.10. The van der Waals surface area contributed by atoms with Crippen molar-refractivity contribution in [2.24, 2.45) is 11.7 Å². The maximum Gasteiger partial charge on any atom is 0.342 e. The summed E-state index contributed by atoms with van der Waals surface area (Å²) < 4.78 is 1.67. The number of rotatable bonds is 4. The summed E-state index contributed by atoms with van der Waals surface area (Å²) in [6.45, 7) is 7.28. The van der Waals surface area contributed by atoms with E-state index < -0.39 is 0 Å². The topological polar surface area (TPSA) is 90.2 Å². The highest BCUT2D eigenvalue weighted by atomic mass is 16.6. The molecule has 0 bridgehead atoms. The molecule has 1 aliphatic rings. The van der Waals surface area contributed by atoms with Crippen molar-refractivity contribution in [2.45, 2.75) is 32.9 Å². The van der Waals surface area contributed by atoms with Crippen LogP contribution < -0.4 is 5.73 Å². The lowest BCUT2D eigenvalue weighted by Gasteiger charge is -2.34. The highest BCUT2D eigenvalue weighted by molar-refractivity contribution is 5.18. The average Bonchev–Trinajstić information content (AvgIpc) is 2.72. The monoisotopic (exact) mass is 267 g/mol. The van der Waals surface area contributed by atoms with Gasteiger partial charge in [0.15, 0.2) is 5.82 Å². The van der Waals surface area contributed by atoms with Crippen LogP contribution in [0.4, 0.5) is 5.82 Å². The first kappa shape index (κ1) is 14.0. The molecule has 0 spiro atoms. The number of hydrogen-bond acceptors (Lipinski definition) is 5. The molecule has 0 radical (unpaired) electrons. The van der Waals surface area contributed by atoms with Crippen molar-refractivity contribution in [3.8, 4) is 0 Å². The molecular weight excluding hydrogens is 246 g/mol. The maximum atomic E-state index is 10.9. The normalized spacial score (nSPS) is 24.6. The van der Waals surface area contributed by atoms with Crippen LogP contribution in [0, 0.1) is 23.0 Å². The van der Waals surface area contributed by atoms with Crippen LogP contribution in [0.15, 0.2) is 6.20 Å². The predicted molar refractivity (Wildman–Crippen MR) is 71.8 cm³/mol. The van der Waals surface area contributed by atoms with Crippen LogP contribution in [-0.4, -0.2) is 45.1 Å². The molecule has 1 saturated heterocycles. The fourth-order valence-electron chi connectivity index (χ4n) is 2.57. The molecule has 0 amide bonds. The zero-order valence-corrected chi connectivity index (χ0v) is 11.5. The highest BCUT2D eigenvalue weighted by Crippen LogP contribution is 2.17. The second kappa shape index (κ2) is 5.66. The highest BCUT2D eigenvalue weighted by Gasteiger charge is 2.24. The molecule has 0 aliphatic carbocycles. The van der Waals surface area contributed by atoms with Crippen LogP contribution in [-0.2, 0) is 6.54 Å². The van der Waals surface area contributed by atoms with E-state index in [9.17, 15) is 10.1 Å². The van der Waals surface area contributed by atoms with Crippen molar-refractivity contribution >= 4 is 5.82 Å². The summed E-state index contributed by atoms with van der Waals surface area (Å²) in [5, 5.41) is 10.9. The van der Waals surface area contributed by atoms with E-state index in [0.717, 1.165) is 26.1 Å². The molecule has 2 rings (SSSR count). The Kier molecular flexibility index (Phi) is 4.16. The van der Waals surface area contributed by atoms with E-state index in [-0.39, 0.29) is 16.8 Å². The Labute approximate surface area is 112 Å². The van der Waals surface area contributed by atoms with Crippen LogP contribution in [0.1, 0.15) is 19.2 Å². The van der Waals surface area contributed by atoms with Gasteiger partial charge >= 0.3 is 5.82 Å². The first-order valence-electron chi connectivity index (χ1n) is 6.63. The van der Waals surface area contributed by atoms with Gasteiger partial charge in [-0.2, -0.15) is 0 Å². The summed E-state index contributed by atoms with van der Waals surface area (Å²) in [6.07, 6.45) is 2.32. The minimum atomic E-state index is -0.380. The minimum absolute atomic E-state index is 0.0688. The van der Waals surface area contributed by atoms with E-state index >= 15 is 0 Å². The lowest BCUT2D eigenvalue weighted by Crippen LogP contribution is -2.46. The number of aromatic nitrogens is 2. The Hall–Kier alpha value is -1.47. The number of imidazole rings is 1.